The van der Waals surface area contributed by atoms with Gasteiger partial charge in [-0.15, -0.1) is 0 Å². The van der Waals surface area contributed by atoms with Crippen molar-refractivity contribution in [2.45, 2.75) is 26.7 Å². The molecule has 1 aromatic carbocycles. The summed E-state index contributed by atoms with van der Waals surface area (Å²) < 4.78 is 0. The molecule has 0 saturated carbocycles. The summed E-state index contributed by atoms with van der Waals surface area (Å²) in [4.78, 5) is 11.8. The standard InChI is InChI=1S/C14H21N3O2/c1-10(2)4-3-9-16-14(18)12-7-5-11(6-8-12)13(15)17-19/h5-8,10,19H,3-4,9H2,1-2H3,(H2,15,17)(H,16,18). The van der Waals surface area contributed by atoms with Gasteiger partial charge in [0.15, 0.2) is 5.84 Å². The topological polar surface area (TPSA) is 87.7 Å². The van der Waals surface area contributed by atoms with Gasteiger partial charge < -0.3 is 16.3 Å². The smallest absolute Gasteiger partial charge is 0.251 e. The molecular weight excluding hydrogens is 242 g/mol. The summed E-state index contributed by atoms with van der Waals surface area (Å²) in [6, 6.07) is 6.62. The maximum absolute atomic E-state index is 11.8. The van der Waals surface area contributed by atoms with E-state index >= 15 is 0 Å². The number of carbonyl (C=O) groups is 1. The molecule has 0 aliphatic rings. The van der Waals surface area contributed by atoms with Gasteiger partial charge >= 0.3 is 0 Å². The van der Waals surface area contributed by atoms with E-state index in [1.54, 1.807) is 24.3 Å². The van der Waals surface area contributed by atoms with Gasteiger partial charge in [-0.05, 0) is 30.9 Å². The number of benzene rings is 1. The third-order valence-corrected chi connectivity index (χ3v) is 2.79. The predicted molar refractivity (Wildman–Crippen MR) is 75.4 cm³/mol. The van der Waals surface area contributed by atoms with E-state index < -0.39 is 0 Å². The molecule has 1 amide bonds. The highest BCUT2D eigenvalue weighted by Gasteiger charge is 2.06. The van der Waals surface area contributed by atoms with Gasteiger partial charge in [0.1, 0.15) is 0 Å². The Bertz CT molecular complexity index is 439. The minimum atomic E-state index is -0.102. The fourth-order valence-corrected chi connectivity index (χ4v) is 1.66. The highest BCUT2D eigenvalue weighted by atomic mass is 16.4. The number of rotatable bonds is 6. The van der Waals surface area contributed by atoms with E-state index in [9.17, 15) is 4.79 Å². The largest absolute Gasteiger partial charge is 0.409 e. The number of oxime groups is 1. The van der Waals surface area contributed by atoms with Crippen LogP contribution in [-0.2, 0) is 0 Å². The third-order valence-electron chi connectivity index (χ3n) is 2.79. The minimum Gasteiger partial charge on any atom is -0.409 e. The molecule has 0 fully saturated rings. The molecule has 0 aliphatic heterocycles. The number of carbonyl (C=O) groups excluding carboxylic acids is 1. The molecule has 5 nitrogen and oxygen atoms in total. The van der Waals surface area contributed by atoms with Crippen LogP contribution in [-0.4, -0.2) is 23.5 Å². The summed E-state index contributed by atoms with van der Waals surface area (Å²) in [6.07, 6.45) is 2.08. The lowest BCUT2D eigenvalue weighted by Crippen LogP contribution is -2.24. The van der Waals surface area contributed by atoms with Crippen LogP contribution in [0.3, 0.4) is 0 Å². The van der Waals surface area contributed by atoms with Crippen LogP contribution >= 0.6 is 0 Å². The van der Waals surface area contributed by atoms with Gasteiger partial charge in [0.05, 0.1) is 0 Å². The Hall–Kier alpha value is -2.04. The van der Waals surface area contributed by atoms with Crippen molar-refractivity contribution in [3.05, 3.63) is 35.4 Å². The van der Waals surface area contributed by atoms with Gasteiger partial charge in [-0.3, -0.25) is 4.79 Å². The average Bonchev–Trinajstić information content (AvgIpc) is 2.42. The first-order valence-corrected chi connectivity index (χ1v) is 6.40. The zero-order valence-electron chi connectivity index (χ0n) is 11.4. The van der Waals surface area contributed by atoms with E-state index in [1.165, 1.54) is 0 Å². The maximum atomic E-state index is 11.8. The lowest BCUT2D eigenvalue weighted by Gasteiger charge is -2.07. The first-order valence-electron chi connectivity index (χ1n) is 6.40. The first-order chi connectivity index (χ1) is 9.04. The van der Waals surface area contributed by atoms with E-state index in [0.29, 0.717) is 23.6 Å². The monoisotopic (exact) mass is 263 g/mol. The molecule has 1 rings (SSSR count). The van der Waals surface area contributed by atoms with E-state index in [2.05, 4.69) is 24.3 Å². The van der Waals surface area contributed by atoms with E-state index in [0.717, 1.165) is 12.8 Å². The molecule has 0 bridgehead atoms. The number of nitrogens with one attached hydrogen (secondary N) is 1. The summed E-state index contributed by atoms with van der Waals surface area (Å²) in [5.74, 6) is 0.579. The van der Waals surface area contributed by atoms with Crippen LogP contribution < -0.4 is 11.1 Å². The Morgan fingerprint density at radius 2 is 1.89 bits per heavy atom. The summed E-state index contributed by atoms with van der Waals surface area (Å²) in [5, 5.41) is 14.3. The van der Waals surface area contributed by atoms with Crippen LogP contribution in [0.15, 0.2) is 29.4 Å². The number of hydrogen-bond donors (Lipinski definition) is 3. The van der Waals surface area contributed by atoms with Crippen molar-refractivity contribution in [2.24, 2.45) is 16.8 Å². The Labute approximate surface area is 113 Å². The van der Waals surface area contributed by atoms with Crippen molar-refractivity contribution in [3.8, 4) is 0 Å². The van der Waals surface area contributed by atoms with Crippen molar-refractivity contribution in [3.63, 3.8) is 0 Å². The zero-order valence-corrected chi connectivity index (χ0v) is 11.4. The minimum absolute atomic E-state index is 0.0314. The Morgan fingerprint density at radius 1 is 1.32 bits per heavy atom. The maximum Gasteiger partial charge on any atom is 0.251 e. The normalized spacial score (nSPS) is 11.6. The molecule has 0 spiro atoms. The summed E-state index contributed by atoms with van der Waals surface area (Å²) >= 11 is 0. The number of nitrogens with two attached hydrogens (primary N) is 1. The van der Waals surface area contributed by atoms with Crippen LogP contribution in [0.2, 0.25) is 0 Å². The molecule has 0 atom stereocenters. The van der Waals surface area contributed by atoms with Crippen LogP contribution in [0.25, 0.3) is 0 Å². The van der Waals surface area contributed by atoms with Crippen LogP contribution in [0.5, 0.6) is 0 Å². The molecule has 104 valence electrons. The molecule has 0 aromatic heterocycles. The molecule has 0 heterocycles. The van der Waals surface area contributed by atoms with Gasteiger partial charge in [0, 0.05) is 17.7 Å². The molecular formula is C14H21N3O2. The second kappa shape index (κ2) is 7.41. The van der Waals surface area contributed by atoms with Crippen molar-refractivity contribution >= 4 is 11.7 Å². The number of amidine groups is 1. The SMILES string of the molecule is CC(C)CCCNC(=O)c1ccc(C(N)=NO)cc1. The molecule has 0 unspecified atom stereocenters. The van der Waals surface area contributed by atoms with Gasteiger partial charge in [-0.25, -0.2) is 0 Å². The van der Waals surface area contributed by atoms with Gasteiger partial charge in [0.25, 0.3) is 5.91 Å². The molecule has 19 heavy (non-hydrogen) atoms. The summed E-state index contributed by atoms with van der Waals surface area (Å²) in [5.41, 5.74) is 6.60. The van der Waals surface area contributed by atoms with Crippen LogP contribution in [0.4, 0.5) is 0 Å². The molecule has 0 saturated heterocycles. The van der Waals surface area contributed by atoms with Gasteiger partial charge in [-0.2, -0.15) is 0 Å². The average molecular weight is 263 g/mol. The molecule has 0 radical (unpaired) electrons. The Kier molecular flexibility index (Phi) is 5.85. The number of hydrogen-bond acceptors (Lipinski definition) is 3. The van der Waals surface area contributed by atoms with Crippen LogP contribution in [0, 0.1) is 5.92 Å². The molecule has 1 aromatic rings. The predicted octanol–water partition coefficient (Wildman–Crippen LogP) is 1.95. The highest BCUT2D eigenvalue weighted by Crippen LogP contribution is 2.05. The summed E-state index contributed by atoms with van der Waals surface area (Å²) in [7, 11) is 0. The molecule has 4 N–H and O–H groups in total. The Morgan fingerprint density at radius 3 is 2.42 bits per heavy atom. The fraction of sp³-hybridized carbons (Fsp3) is 0.429. The van der Waals surface area contributed by atoms with Crippen LogP contribution in [0.1, 0.15) is 42.6 Å². The summed E-state index contributed by atoms with van der Waals surface area (Å²) in [6.45, 7) is 5.00. The van der Waals surface area contributed by atoms with E-state index in [1.807, 2.05) is 0 Å². The second-order valence-corrected chi connectivity index (χ2v) is 4.85. The van der Waals surface area contributed by atoms with Crippen molar-refractivity contribution in [1.29, 1.82) is 0 Å². The molecule has 0 aliphatic carbocycles. The quantitative estimate of drug-likeness (QED) is 0.241. The van der Waals surface area contributed by atoms with E-state index in [-0.39, 0.29) is 11.7 Å². The lowest BCUT2D eigenvalue weighted by molar-refractivity contribution is 0.0952. The lowest BCUT2D eigenvalue weighted by atomic mass is 10.1. The van der Waals surface area contributed by atoms with Crippen molar-refractivity contribution in [2.75, 3.05) is 6.54 Å². The zero-order chi connectivity index (χ0) is 14.3. The van der Waals surface area contributed by atoms with E-state index in [4.69, 9.17) is 10.9 Å². The second-order valence-electron chi connectivity index (χ2n) is 4.85. The third kappa shape index (κ3) is 4.99. The van der Waals surface area contributed by atoms with Gasteiger partial charge in [0.2, 0.25) is 0 Å². The molecule has 5 heteroatoms. The number of amides is 1. The highest BCUT2D eigenvalue weighted by molar-refractivity contribution is 5.99. The van der Waals surface area contributed by atoms with Gasteiger partial charge in [-0.1, -0.05) is 31.1 Å². The first kappa shape index (κ1) is 15.0. The fourth-order valence-electron chi connectivity index (χ4n) is 1.66. The van der Waals surface area contributed by atoms with Crippen molar-refractivity contribution in [1.82, 2.24) is 5.32 Å². The number of nitrogens with zero attached hydrogens (tertiary/aromatic N) is 1. The Balaban J connectivity index is 2.49. The van der Waals surface area contributed by atoms with Crippen molar-refractivity contribution < 1.29 is 10.0 Å².